The summed E-state index contributed by atoms with van der Waals surface area (Å²) in [5.74, 6) is -2.21. The third kappa shape index (κ3) is 5.83. The van der Waals surface area contributed by atoms with Gasteiger partial charge in [0.25, 0.3) is 11.8 Å². The molecule has 0 spiro atoms. The van der Waals surface area contributed by atoms with Crippen LogP contribution in [0.2, 0.25) is 0 Å². The zero-order chi connectivity index (χ0) is 28.2. The minimum atomic E-state index is -1.04. The largest absolute Gasteiger partial charge is 0.438 e. The predicted molar refractivity (Wildman–Crippen MR) is 146 cm³/mol. The highest BCUT2D eigenvalue weighted by molar-refractivity contribution is 6.04. The quantitative estimate of drug-likeness (QED) is 0.291. The van der Waals surface area contributed by atoms with Crippen molar-refractivity contribution in [3.05, 3.63) is 131 Å². The van der Waals surface area contributed by atoms with E-state index in [4.69, 9.17) is 4.74 Å². The van der Waals surface area contributed by atoms with Crippen molar-refractivity contribution in [3.63, 3.8) is 0 Å². The van der Waals surface area contributed by atoms with Gasteiger partial charge < -0.3 is 15.4 Å². The first-order valence-corrected chi connectivity index (χ1v) is 12.5. The van der Waals surface area contributed by atoms with E-state index in [1.54, 1.807) is 30.3 Å². The van der Waals surface area contributed by atoms with Crippen molar-refractivity contribution >= 4 is 29.3 Å². The molecule has 2 atom stereocenters. The van der Waals surface area contributed by atoms with Crippen molar-refractivity contribution in [3.8, 4) is 0 Å². The fourth-order valence-corrected chi connectivity index (χ4v) is 4.45. The Labute approximate surface area is 229 Å². The van der Waals surface area contributed by atoms with Gasteiger partial charge in [0, 0.05) is 11.4 Å². The fourth-order valence-electron chi connectivity index (χ4n) is 4.45. The summed E-state index contributed by atoms with van der Waals surface area (Å²) in [7, 11) is 0. The van der Waals surface area contributed by atoms with E-state index in [1.807, 2.05) is 31.2 Å². The second kappa shape index (κ2) is 11.4. The molecule has 0 aliphatic carbocycles. The number of nitrogens with one attached hydrogen (secondary N) is 2. The summed E-state index contributed by atoms with van der Waals surface area (Å²) in [6.45, 7) is 2.08. The molecule has 7 nitrogen and oxygen atoms in total. The van der Waals surface area contributed by atoms with Gasteiger partial charge in [-0.3, -0.25) is 14.5 Å². The van der Waals surface area contributed by atoms with Crippen molar-refractivity contribution in [1.82, 2.24) is 4.90 Å². The Kier molecular flexibility index (Phi) is 7.54. The average Bonchev–Trinajstić information content (AvgIpc) is 3.27. The smallest absolute Gasteiger partial charge is 0.411 e. The number of hydrogen-bond donors (Lipinski definition) is 2. The number of halogens is 2. The van der Waals surface area contributed by atoms with Crippen LogP contribution in [0.5, 0.6) is 0 Å². The van der Waals surface area contributed by atoms with Crippen LogP contribution in [-0.2, 0) is 16.1 Å². The topological polar surface area (TPSA) is 87.7 Å². The fraction of sp³-hybridized carbons (Fsp3) is 0.129. The van der Waals surface area contributed by atoms with E-state index in [0.717, 1.165) is 11.1 Å². The molecule has 40 heavy (non-hydrogen) atoms. The summed E-state index contributed by atoms with van der Waals surface area (Å²) in [6, 6.07) is 23.9. The number of ether oxygens (including phenoxy) is 1. The summed E-state index contributed by atoms with van der Waals surface area (Å²) < 4.78 is 33.1. The molecule has 1 fully saturated rings. The lowest BCUT2D eigenvalue weighted by Crippen LogP contribution is -2.43. The van der Waals surface area contributed by atoms with E-state index < -0.39 is 41.7 Å². The summed E-state index contributed by atoms with van der Waals surface area (Å²) in [5.41, 5.74) is 3.05. The van der Waals surface area contributed by atoms with Gasteiger partial charge in [-0.25, -0.2) is 13.6 Å². The molecule has 0 saturated carbocycles. The van der Waals surface area contributed by atoms with Crippen molar-refractivity contribution < 1.29 is 27.9 Å². The minimum absolute atomic E-state index is 0.0967. The van der Waals surface area contributed by atoms with E-state index >= 15 is 0 Å². The summed E-state index contributed by atoms with van der Waals surface area (Å²) in [4.78, 5) is 40.4. The van der Waals surface area contributed by atoms with Gasteiger partial charge in [0.05, 0.1) is 12.1 Å². The lowest BCUT2D eigenvalue weighted by Gasteiger charge is -2.24. The van der Waals surface area contributed by atoms with Gasteiger partial charge in [0.15, 0.2) is 12.1 Å². The van der Waals surface area contributed by atoms with Crippen LogP contribution in [0.4, 0.5) is 25.0 Å². The van der Waals surface area contributed by atoms with Crippen molar-refractivity contribution in [2.24, 2.45) is 0 Å². The van der Waals surface area contributed by atoms with Crippen molar-refractivity contribution in [1.29, 1.82) is 0 Å². The van der Waals surface area contributed by atoms with Gasteiger partial charge >= 0.3 is 6.09 Å². The minimum Gasteiger partial charge on any atom is -0.438 e. The van der Waals surface area contributed by atoms with E-state index in [2.05, 4.69) is 10.6 Å². The number of anilines is 2. The van der Waals surface area contributed by atoms with Crippen LogP contribution < -0.4 is 10.6 Å². The molecule has 0 radical (unpaired) electrons. The number of carbonyl (C=O) groups excluding carboxylic acids is 3. The van der Waals surface area contributed by atoms with Crippen LogP contribution in [-0.4, -0.2) is 28.8 Å². The van der Waals surface area contributed by atoms with Gasteiger partial charge in [0.1, 0.15) is 11.6 Å². The van der Waals surface area contributed by atoms with Crippen LogP contribution >= 0.6 is 0 Å². The van der Waals surface area contributed by atoms with Gasteiger partial charge in [-0.1, -0.05) is 54.1 Å². The van der Waals surface area contributed by atoms with Crippen LogP contribution in [0, 0.1) is 18.6 Å². The normalized spacial score (nSPS) is 16.4. The Bertz CT molecular complexity index is 1540. The molecule has 4 aromatic carbocycles. The lowest BCUT2D eigenvalue weighted by molar-refractivity contribution is -0.121. The molecule has 5 rings (SSSR count). The molecular formula is C31H25F2N3O4. The second-order valence-electron chi connectivity index (χ2n) is 9.41. The van der Waals surface area contributed by atoms with Crippen molar-refractivity contribution in [2.45, 2.75) is 25.6 Å². The zero-order valence-corrected chi connectivity index (χ0v) is 21.4. The van der Waals surface area contributed by atoms with Crippen molar-refractivity contribution in [2.75, 3.05) is 10.6 Å². The first-order chi connectivity index (χ1) is 19.3. The zero-order valence-electron chi connectivity index (χ0n) is 21.4. The molecule has 9 heteroatoms. The number of carbonyl (C=O) groups is 3. The number of nitrogens with zero attached hydrogens (tertiary/aromatic N) is 1. The lowest BCUT2D eigenvalue weighted by atomic mass is 10.00. The second-order valence-corrected chi connectivity index (χ2v) is 9.41. The molecule has 1 aliphatic rings. The molecule has 0 unspecified atom stereocenters. The highest BCUT2D eigenvalue weighted by Gasteiger charge is 2.47. The first kappa shape index (κ1) is 26.6. The number of aryl methyl sites for hydroxylation is 1. The summed E-state index contributed by atoms with van der Waals surface area (Å²) >= 11 is 0. The molecule has 4 aromatic rings. The summed E-state index contributed by atoms with van der Waals surface area (Å²) in [6.07, 6.45) is -1.63. The maximum atomic E-state index is 14.0. The van der Waals surface area contributed by atoms with Gasteiger partial charge in [0.2, 0.25) is 0 Å². The Balaban J connectivity index is 1.39. The molecule has 3 amide bonds. The number of amides is 3. The Morgan fingerprint density at radius 1 is 0.825 bits per heavy atom. The predicted octanol–water partition coefficient (Wildman–Crippen LogP) is 6.23. The number of benzene rings is 4. The van der Waals surface area contributed by atoms with Crippen LogP contribution in [0.15, 0.2) is 97.1 Å². The van der Waals surface area contributed by atoms with Gasteiger partial charge in [-0.15, -0.1) is 0 Å². The molecule has 0 aromatic heterocycles. The molecule has 0 bridgehead atoms. The highest BCUT2D eigenvalue weighted by atomic mass is 19.1. The molecule has 1 aliphatic heterocycles. The van der Waals surface area contributed by atoms with Gasteiger partial charge in [-0.2, -0.15) is 0 Å². The molecule has 1 heterocycles. The van der Waals surface area contributed by atoms with E-state index in [9.17, 15) is 23.2 Å². The molecule has 202 valence electrons. The molecular weight excluding hydrogens is 516 g/mol. The Hall–Kier alpha value is -5.05. The van der Waals surface area contributed by atoms with Gasteiger partial charge in [-0.05, 0) is 66.6 Å². The third-order valence-electron chi connectivity index (χ3n) is 6.55. The first-order valence-electron chi connectivity index (χ1n) is 12.5. The summed E-state index contributed by atoms with van der Waals surface area (Å²) in [5, 5.41) is 5.38. The SMILES string of the molecule is Cc1ccc(CN2C(=O)O[C@H](c3ccc(NC(=O)c4ccccc4F)cc3)[C@@H]2C(=O)Nc2ccc(F)cc2)cc1. The number of cyclic esters (lactones) is 1. The maximum Gasteiger partial charge on any atom is 0.411 e. The standard InChI is InChI=1S/C31H25F2N3O4/c1-19-6-8-20(9-7-19)18-36-27(30(38)35-24-16-12-22(32)13-17-24)28(40-31(36)39)21-10-14-23(15-11-21)34-29(37)25-4-2-3-5-26(25)33/h2-17,27-28H,18H2,1H3,(H,34,37)(H,35,38)/t27-,28-/m1/s1. The van der Waals surface area contributed by atoms with E-state index in [1.165, 1.54) is 47.4 Å². The highest BCUT2D eigenvalue weighted by Crippen LogP contribution is 2.35. The monoisotopic (exact) mass is 541 g/mol. The van der Waals surface area contributed by atoms with Crippen LogP contribution in [0.3, 0.4) is 0 Å². The Morgan fingerprint density at radius 3 is 2.12 bits per heavy atom. The van der Waals surface area contributed by atoms with E-state index in [0.29, 0.717) is 16.9 Å². The molecule has 1 saturated heterocycles. The van der Waals surface area contributed by atoms with E-state index in [-0.39, 0.29) is 12.1 Å². The third-order valence-corrected chi connectivity index (χ3v) is 6.55. The Morgan fingerprint density at radius 2 is 1.45 bits per heavy atom. The maximum absolute atomic E-state index is 14.0. The average molecular weight is 542 g/mol. The van der Waals surface area contributed by atoms with Crippen LogP contribution in [0.1, 0.15) is 33.2 Å². The molecule has 2 N–H and O–H groups in total. The number of hydrogen-bond acceptors (Lipinski definition) is 4. The van der Waals surface area contributed by atoms with Crippen LogP contribution in [0.25, 0.3) is 0 Å². The number of rotatable bonds is 7.